The van der Waals surface area contributed by atoms with Crippen molar-refractivity contribution in [2.24, 2.45) is 23.7 Å². The average molecular weight is 1080 g/mol. The number of rotatable bonds is 15. The summed E-state index contributed by atoms with van der Waals surface area (Å²) in [5, 5.41) is 54.3. The third-order valence-corrected chi connectivity index (χ3v) is 17.6. The monoisotopic (exact) mass is 1080 g/mol. The number of nitrogens with zero attached hydrogens (tertiary/aromatic N) is 4. The van der Waals surface area contributed by atoms with Crippen LogP contribution in [0.4, 0.5) is 4.39 Å². The molecular formula is C54H86FN5O14S. The van der Waals surface area contributed by atoms with E-state index in [-0.39, 0.29) is 49.5 Å². The number of carbonyl (C=O) groups is 1. The van der Waals surface area contributed by atoms with Crippen molar-refractivity contribution in [1.29, 1.82) is 5.41 Å². The van der Waals surface area contributed by atoms with E-state index in [4.69, 9.17) is 37.9 Å². The maximum Gasteiger partial charge on any atom is 0.311 e. The molecule has 424 valence electrons. The van der Waals surface area contributed by atoms with Gasteiger partial charge >= 0.3 is 5.97 Å². The molecule has 5 heterocycles. The van der Waals surface area contributed by atoms with Gasteiger partial charge in [0.25, 0.3) is 0 Å². The number of alkyl halides is 1. The van der Waals surface area contributed by atoms with Gasteiger partial charge in [-0.2, -0.15) is 0 Å². The summed E-state index contributed by atoms with van der Waals surface area (Å²) in [5.41, 5.74) is -1.94. The van der Waals surface area contributed by atoms with E-state index in [1.807, 2.05) is 53.5 Å². The van der Waals surface area contributed by atoms with Gasteiger partial charge in [0.2, 0.25) is 0 Å². The molecule has 4 aliphatic heterocycles. The van der Waals surface area contributed by atoms with Crippen LogP contribution >= 0.6 is 0 Å². The minimum Gasteiger partial charge on any atom is -0.459 e. The van der Waals surface area contributed by atoms with Crippen LogP contribution in [-0.2, 0) is 65.4 Å². The van der Waals surface area contributed by atoms with Gasteiger partial charge in [-0.25, -0.2) is 17.5 Å². The van der Waals surface area contributed by atoms with Crippen molar-refractivity contribution in [1.82, 2.24) is 19.9 Å². The molecule has 4 aliphatic rings. The topological polar surface area (TPSA) is 244 Å². The van der Waals surface area contributed by atoms with Crippen LogP contribution in [0.1, 0.15) is 112 Å². The number of likely N-dealkylation sites (N-methyl/N-ethyl adjacent to an activating group) is 1. The Morgan fingerprint density at radius 1 is 1.03 bits per heavy atom. The highest BCUT2D eigenvalue weighted by Gasteiger charge is 2.55. The van der Waals surface area contributed by atoms with Gasteiger partial charge in [0.15, 0.2) is 22.4 Å². The molecule has 0 radical (unpaired) electrons. The molecule has 75 heavy (non-hydrogen) atoms. The fourth-order valence-corrected chi connectivity index (χ4v) is 12.3. The average Bonchev–Trinajstić information content (AvgIpc) is 3.83. The quantitative estimate of drug-likeness (QED) is 0.132. The SMILES string of the molecule is C=C1CO[C@@H]2[C@@H](C)C(=N)[C@H](C)C[C@@](C)(OC1)[C@H](O[C@@H]1O[C@H](C)C[C@H](N(C)CCc3cn([C@H](CF)Cc4ccc(S(C)(=O)=O)cc4)nn3)[C@H]1O)[C@@H](C)[C@H](O[C@H]1C[C@@](C)(OC)[C@@H](O)[C@H](C)O1)[C@@H](C)C(=O)O[C@H](CC)[C@@]2(C)O. The summed E-state index contributed by atoms with van der Waals surface area (Å²) in [7, 11) is 0.0187. The fourth-order valence-electron chi connectivity index (χ4n) is 11.7. The predicted octanol–water partition coefficient (Wildman–Crippen LogP) is 5.22. The molecule has 0 amide bonds. The molecule has 0 saturated carbocycles. The second-order valence-corrected chi connectivity index (χ2v) is 24.7. The number of aliphatic hydroxyl groups excluding tert-OH is 2. The first-order valence-corrected chi connectivity index (χ1v) is 28.4. The number of hydrogen-bond acceptors (Lipinski definition) is 18. The summed E-state index contributed by atoms with van der Waals surface area (Å²) in [6.45, 7) is 21.9. The number of nitrogens with one attached hydrogen (secondary N) is 1. The van der Waals surface area contributed by atoms with E-state index in [1.165, 1.54) is 23.9 Å². The van der Waals surface area contributed by atoms with Crippen LogP contribution in [-0.4, -0.2) is 186 Å². The van der Waals surface area contributed by atoms with E-state index in [9.17, 15) is 38.3 Å². The highest BCUT2D eigenvalue weighted by Crippen LogP contribution is 2.43. The van der Waals surface area contributed by atoms with E-state index in [2.05, 4.69) is 16.9 Å². The second kappa shape index (κ2) is 24.8. The zero-order valence-electron chi connectivity index (χ0n) is 46.3. The highest BCUT2D eigenvalue weighted by molar-refractivity contribution is 7.90. The number of hydrogen-bond donors (Lipinski definition) is 4. The number of aliphatic hydroxyl groups is 3. The molecule has 19 nitrogen and oxygen atoms in total. The molecule has 6 rings (SSSR count). The lowest BCUT2D eigenvalue weighted by molar-refractivity contribution is -0.320. The summed E-state index contributed by atoms with van der Waals surface area (Å²) in [4.78, 5) is 16.9. The van der Waals surface area contributed by atoms with Crippen LogP contribution in [0, 0.1) is 29.1 Å². The van der Waals surface area contributed by atoms with E-state index in [0.29, 0.717) is 30.7 Å². The summed E-state index contributed by atoms with van der Waals surface area (Å²) in [6, 6.07) is 5.20. The Kier molecular flexibility index (Phi) is 20.1. The summed E-state index contributed by atoms with van der Waals surface area (Å²) in [5.74, 6) is -3.61. The zero-order chi connectivity index (χ0) is 55.5. The molecule has 1 aromatic heterocycles. The fraction of sp³-hybridized carbons (Fsp3) is 0.778. The predicted molar refractivity (Wildman–Crippen MR) is 277 cm³/mol. The molecule has 1 aromatic carbocycles. The van der Waals surface area contributed by atoms with Crippen molar-refractivity contribution in [2.75, 3.05) is 46.8 Å². The number of cyclic esters (lactones) is 1. The molecular weight excluding hydrogens is 994 g/mol. The number of sulfone groups is 1. The van der Waals surface area contributed by atoms with Gasteiger partial charge in [0.05, 0.1) is 77.5 Å². The lowest BCUT2D eigenvalue weighted by atomic mass is 9.73. The van der Waals surface area contributed by atoms with Gasteiger partial charge in [-0.1, -0.05) is 51.6 Å². The van der Waals surface area contributed by atoms with E-state index in [1.54, 1.807) is 46.0 Å². The molecule has 0 spiro atoms. The summed E-state index contributed by atoms with van der Waals surface area (Å²) < 4.78 is 92.4. The van der Waals surface area contributed by atoms with Crippen LogP contribution in [0.25, 0.3) is 0 Å². The van der Waals surface area contributed by atoms with Gasteiger partial charge in [0.1, 0.15) is 30.6 Å². The Hall–Kier alpha value is -3.32. The minimum absolute atomic E-state index is 0.00155. The van der Waals surface area contributed by atoms with Crippen molar-refractivity contribution in [2.45, 2.75) is 203 Å². The maximum absolute atomic E-state index is 14.7. The summed E-state index contributed by atoms with van der Waals surface area (Å²) in [6.07, 6.45) is -5.22. The summed E-state index contributed by atoms with van der Waals surface area (Å²) >= 11 is 0. The molecule has 0 unspecified atom stereocenters. The standard InChI is InChI=1S/C54H86FN5O14S/c1-15-42-54(11,64)49-33(5)44(56)31(3)24-53(10,69-29-30(2)28-68-49)48(34(6)46(35(7)50(63)72-42)73-43-25-52(9,67-13)47(62)36(8)71-43)74-51-45(61)41(22-32(4)70-51)59(12)21-20-38-27-60(58-57-38)39(26-55)23-37-16-18-40(19-17-37)75(14,65)66/h16-19,27,31-36,39,41-43,45-49,51,56,61-62,64H,2,15,20-26,28-29H2,1,3-14H3/t31-,32-,33+,34+,35-,36+,39+,41+,42-,43+,45-,46+,47+,48-,49-,51+,52-,53-,54-/m1/s1. The zero-order valence-corrected chi connectivity index (χ0v) is 47.1. The number of carbonyl (C=O) groups excluding carboxylic acids is 1. The third kappa shape index (κ3) is 13.9. The van der Waals surface area contributed by atoms with Crippen molar-refractivity contribution in [3.63, 3.8) is 0 Å². The van der Waals surface area contributed by atoms with Gasteiger partial charge in [0, 0.05) is 62.5 Å². The Morgan fingerprint density at radius 3 is 2.33 bits per heavy atom. The number of esters is 1. The first-order chi connectivity index (χ1) is 35.1. The number of methoxy groups -OCH3 is 1. The molecule has 0 aliphatic carbocycles. The molecule has 2 aromatic rings. The number of fused-ring (bicyclic) bond motifs is 5. The van der Waals surface area contributed by atoms with Crippen molar-refractivity contribution in [3.8, 4) is 0 Å². The van der Waals surface area contributed by atoms with Crippen molar-refractivity contribution >= 4 is 21.5 Å². The lowest BCUT2D eigenvalue weighted by Crippen LogP contribution is -2.62. The third-order valence-electron chi connectivity index (χ3n) is 16.5. The molecule has 21 heteroatoms. The molecule has 4 saturated heterocycles. The number of benzene rings is 1. The first kappa shape index (κ1) is 60.9. The number of aromatic nitrogens is 3. The molecule has 4 N–H and O–H groups in total. The number of halogens is 1. The Balaban J connectivity index is 1.33. The van der Waals surface area contributed by atoms with E-state index < -0.39 is 136 Å². The van der Waals surface area contributed by atoms with Gasteiger partial charge in [-0.05, 0) is 103 Å². The Labute approximate surface area is 443 Å². The van der Waals surface area contributed by atoms with E-state index >= 15 is 0 Å². The minimum atomic E-state index is -3.38. The van der Waals surface area contributed by atoms with Crippen LogP contribution < -0.4 is 0 Å². The van der Waals surface area contributed by atoms with Crippen LogP contribution in [0.3, 0.4) is 0 Å². The largest absolute Gasteiger partial charge is 0.459 e. The number of ether oxygens (including phenoxy) is 8. The molecule has 2 bridgehead atoms. The Morgan fingerprint density at radius 2 is 1.71 bits per heavy atom. The van der Waals surface area contributed by atoms with Crippen molar-refractivity contribution in [3.05, 3.63) is 53.9 Å². The molecule has 4 fully saturated rings. The van der Waals surface area contributed by atoms with Crippen molar-refractivity contribution < 1.29 is 70.8 Å². The van der Waals surface area contributed by atoms with Crippen LogP contribution in [0.15, 0.2) is 47.5 Å². The Bertz CT molecular complexity index is 2360. The second-order valence-electron chi connectivity index (χ2n) is 22.7. The van der Waals surface area contributed by atoms with E-state index in [0.717, 1.165) is 11.8 Å². The molecule has 19 atom stereocenters. The first-order valence-electron chi connectivity index (χ1n) is 26.5. The smallest absolute Gasteiger partial charge is 0.311 e. The van der Waals surface area contributed by atoms with Crippen LogP contribution in [0.5, 0.6) is 0 Å². The maximum atomic E-state index is 14.7. The lowest BCUT2D eigenvalue weighted by Gasteiger charge is -2.50. The van der Waals surface area contributed by atoms with Gasteiger partial charge in [-0.3, -0.25) is 4.79 Å². The highest BCUT2D eigenvalue weighted by atomic mass is 32.2. The van der Waals surface area contributed by atoms with Gasteiger partial charge in [-0.15, -0.1) is 5.10 Å². The normalized spacial score (nSPS) is 39.3. The van der Waals surface area contributed by atoms with Gasteiger partial charge < -0.3 is 63.5 Å². The van der Waals surface area contributed by atoms with Crippen LogP contribution in [0.2, 0.25) is 0 Å².